The fourth-order valence-electron chi connectivity index (χ4n) is 1.60. The van der Waals surface area contributed by atoms with Gasteiger partial charge < -0.3 is 10.6 Å². The molecule has 0 aromatic rings. The smallest absolute Gasteiger partial charge is 0 e. The van der Waals surface area contributed by atoms with Gasteiger partial charge in [0.05, 0.1) is 0 Å². The van der Waals surface area contributed by atoms with Gasteiger partial charge in [-0.1, -0.05) is 12.8 Å². The van der Waals surface area contributed by atoms with Crippen molar-refractivity contribution in [1.82, 2.24) is 10.6 Å². The molecular formula is C14H22MoN2O4. The maximum Gasteiger partial charge on any atom is 0 e. The molecule has 118 valence electrons. The molecule has 7 heteroatoms. The van der Waals surface area contributed by atoms with Crippen molar-refractivity contribution in [2.24, 2.45) is 0 Å². The molecule has 0 radical (unpaired) electrons. The van der Waals surface area contributed by atoms with Gasteiger partial charge in [0.2, 0.25) is 0 Å². The van der Waals surface area contributed by atoms with Crippen molar-refractivity contribution in [1.29, 1.82) is 0 Å². The first-order valence-corrected chi connectivity index (χ1v) is 6.23. The Hall–Kier alpha value is -0.432. The maximum atomic E-state index is 7.50. The molecule has 2 rings (SSSR count). The summed E-state index contributed by atoms with van der Waals surface area (Å²) in [6, 6.07) is 0. The molecule has 0 aromatic carbocycles. The van der Waals surface area contributed by atoms with Crippen molar-refractivity contribution >= 4 is 0 Å². The Kier molecular flexibility index (Phi) is 78.0. The molecule has 0 aliphatic carbocycles. The van der Waals surface area contributed by atoms with Crippen molar-refractivity contribution in [2.45, 2.75) is 38.5 Å². The van der Waals surface area contributed by atoms with E-state index in [1.165, 1.54) is 64.7 Å². The summed E-state index contributed by atoms with van der Waals surface area (Å²) < 4.78 is 30.0. The molecule has 0 saturated carbocycles. The largest absolute Gasteiger partial charge is 0 e. The third kappa shape index (κ3) is 45.1. The summed E-state index contributed by atoms with van der Waals surface area (Å²) in [5.74, 6) is 0. The molecule has 2 fully saturated rings. The summed E-state index contributed by atoms with van der Waals surface area (Å²) in [6.07, 6.45) is 8.43. The van der Waals surface area contributed by atoms with Crippen molar-refractivity contribution < 1.29 is 39.7 Å². The molecule has 2 heterocycles. The van der Waals surface area contributed by atoms with Crippen LogP contribution in [-0.4, -0.2) is 26.2 Å². The van der Waals surface area contributed by atoms with Crippen LogP contribution in [0.4, 0.5) is 0 Å². The van der Waals surface area contributed by atoms with Gasteiger partial charge in [-0.15, -0.1) is 0 Å². The van der Waals surface area contributed by atoms with Crippen molar-refractivity contribution in [2.75, 3.05) is 26.2 Å². The van der Waals surface area contributed by atoms with Crippen LogP contribution >= 0.6 is 0 Å². The van der Waals surface area contributed by atoms with E-state index in [4.69, 9.17) is 18.6 Å². The Morgan fingerprint density at radius 3 is 0.667 bits per heavy atom. The third-order valence-electron chi connectivity index (χ3n) is 2.41. The van der Waals surface area contributed by atoms with E-state index >= 15 is 0 Å². The second-order valence-corrected chi connectivity index (χ2v) is 3.62. The average molecular weight is 378 g/mol. The minimum atomic E-state index is 0. The zero-order chi connectivity index (χ0) is 16.5. The Morgan fingerprint density at radius 2 is 0.619 bits per heavy atom. The molecule has 0 aromatic heterocycles. The van der Waals surface area contributed by atoms with E-state index in [1.54, 1.807) is 0 Å². The van der Waals surface area contributed by atoms with E-state index in [1.807, 2.05) is 0 Å². The minimum absolute atomic E-state index is 0. The summed E-state index contributed by atoms with van der Waals surface area (Å²) in [5.41, 5.74) is 0. The van der Waals surface area contributed by atoms with Gasteiger partial charge in [0.1, 0.15) is 0 Å². The van der Waals surface area contributed by atoms with Gasteiger partial charge in [-0.3, -0.25) is 0 Å². The molecule has 0 atom stereocenters. The second kappa shape index (κ2) is 50.4. The van der Waals surface area contributed by atoms with Gasteiger partial charge in [0, 0.05) is 21.1 Å². The Labute approximate surface area is 142 Å². The summed E-state index contributed by atoms with van der Waals surface area (Å²) in [6.45, 7) is 23.0. The van der Waals surface area contributed by atoms with Crippen LogP contribution in [0.15, 0.2) is 0 Å². The predicted molar refractivity (Wildman–Crippen MR) is 69.2 cm³/mol. The van der Waals surface area contributed by atoms with E-state index in [-0.39, 0.29) is 21.1 Å². The summed E-state index contributed by atoms with van der Waals surface area (Å²) in [4.78, 5) is 0. The number of rotatable bonds is 0. The van der Waals surface area contributed by atoms with E-state index < -0.39 is 0 Å². The fraction of sp³-hybridized carbons (Fsp3) is 0.714. The van der Waals surface area contributed by atoms with Gasteiger partial charge in [0.25, 0.3) is 0 Å². The third-order valence-corrected chi connectivity index (χ3v) is 2.41. The normalized spacial score (nSPS) is 14.1. The molecule has 0 spiro atoms. The first-order valence-electron chi connectivity index (χ1n) is 6.23. The van der Waals surface area contributed by atoms with Crippen LogP contribution in [0.3, 0.4) is 0 Å². The van der Waals surface area contributed by atoms with Gasteiger partial charge in [0.15, 0.2) is 0 Å². The SMILES string of the molecule is C1CCNCC1.C1CCNCC1.[C-]#[O+].[C-]#[O+].[C-]#[O+].[C-]#[O+].[Mo]. The van der Waals surface area contributed by atoms with Crippen LogP contribution in [0.25, 0.3) is 0 Å². The van der Waals surface area contributed by atoms with Crippen molar-refractivity contribution in [3.05, 3.63) is 26.6 Å². The van der Waals surface area contributed by atoms with Crippen LogP contribution in [0.2, 0.25) is 0 Å². The fourth-order valence-corrected chi connectivity index (χ4v) is 1.60. The predicted octanol–water partition coefficient (Wildman–Crippen LogP) is 1.37. The van der Waals surface area contributed by atoms with Gasteiger partial charge in [-0.25, -0.2) is 0 Å². The minimum Gasteiger partial charge on any atom is 0 e. The van der Waals surface area contributed by atoms with Gasteiger partial charge in [-0.2, -0.15) is 0 Å². The molecule has 6 nitrogen and oxygen atoms in total. The Bertz CT molecular complexity index is 163. The van der Waals surface area contributed by atoms with Crippen molar-refractivity contribution in [3.8, 4) is 0 Å². The zero-order valence-corrected chi connectivity index (χ0v) is 14.1. The summed E-state index contributed by atoms with van der Waals surface area (Å²) in [5, 5.41) is 6.57. The Balaban J connectivity index is -0.0000000539. The standard InChI is InChI=1S/2C5H11N.4CO.Mo/c2*1-2-4-6-5-3-1;4*1-2;/h2*6H,1-5H2;;;;;. The van der Waals surface area contributed by atoms with Crippen LogP contribution in [0.1, 0.15) is 38.5 Å². The molecular weight excluding hydrogens is 356 g/mol. The molecule has 0 amide bonds. The number of piperidine rings is 2. The molecule has 2 aliphatic rings. The van der Waals surface area contributed by atoms with Crippen LogP contribution in [-0.2, 0) is 39.7 Å². The molecule has 0 unspecified atom stereocenters. The van der Waals surface area contributed by atoms with E-state index in [0.717, 1.165) is 0 Å². The van der Waals surface area contributed by atoms with Crippen LogP contribution in [0.5, 0.6) is 0 Å². The Morgan fingerprint density at radius 1 is 0.429 bits per heavy atom. The second-order valence-electron chi connectivity index (χ2n) is 3.62. The molecule has 2 N–H and O–H groups in total. The monoisotopic (exact) mass is 380 g/mol. The van der Waals surface area contributed by atoms with E-state index in [2.05, 4.69) is 37.2 Å². The summed E-state index contributed by atoms with van der Waals surface area (Å²) >= 11 is 0. The molecule has 21 heavy (non-hydrogen) atoms. The summed E-state index contributed by atoms with van der Waals surface area (Å²) in [7, 11) is 0. The zero-order valence-electron chi connectivity index (χ0n) is 12.1. The first kappa shape index (κ1) is 32.5. The van der Waals surface area contributed by atoms with Crippen LogP contribution < -0.4 is 10.6 Å². The van der Waals surface area contributed by atoms with Gasteiger partial charge >= 0.3 is 45.2 Å². The number of hydrogen-bond donors (Lipinski definition) is 2. The first-order chi connectivity index (χ1) is 10.0. The van der Waals surface area contributed by atoms with E-state index in [9.17, 15) is 0 Å². The average Bonchev–Trinajstić information content (AvgIpc) is 2.65. The number of hydrogen-bond acceptors (Lipinski definition) is 2. The molecule has 2 saturated heterocycles. The van der Waals surface area contributed by atoms with Gasteiger partial charge in [-0.05, 0) is 51.9 Å². The number of nitrogens with one attached hydrogen (secondary N) is 2. The topological polar surface area (TPSA) is 104 Å². The van der Waals surface area contributed by atoms with E-state index in [0.29, 0.717) is 0 Å². The maximum absolute atomic E-state index is 7.50. The quantitative estimate of drug-likeness (QED) is 0.378. The van der Waals surface area contributed by atoms with Crippen LogP contribution in [0, 0.1) is 26.6 Å². The molecule has 0 bridgehead atoms. The molecule has 2 aliphatic heterocycles. The van der Waals surface area contributed by atoms with Crippen molar-refractivity contribution in [3.63, 3.8) is 0 Å².